The monoisotopic (exact) mass is 267 g/mol. The molecule has 6 heteroatoms. The topological polar surface area (TPSA) is 49.9 Å². The number of nitrogens with zero attached hydrogens (tertiary/aromatic N) is 1. The average molecular weight is 268 g/mol. The molecule has 1 aliphatic heterocycles. The van der Waals surface area contributed by atoms with Crippen molar-refractivity contribution in [1.29, 1.82) is 0 Å². The first-order valence-corrected chi connectivity index (χ1v) is 5.00. The van der Waals surface area contributed by atoms with Gasteiger partial charge in [0.15, 0.2) is 0 Å². The Morgan fingerprint density at radius 3 is 2.44 bits per heavy atom. The molecule has 0 amide bonds. The fourth-order valence-corrected chi connectivity index (χ4v) is 1.83. The van der Waals surface area contributed by atoms with Crippen LogP contribution in [-0.4, -0.2) is 29.7 Å². The van der Waals surface area contributed by atoms with Crippen molar-refractivity contribution in [2.75, 3.05) is 13.7 Å². The number of hydrogen-bond acceptors (Lipinski definition) is 3. The Kier molecular flexibility index (Phi) is 6.33. The molecule has 2 rings (SSSR count). The molecule has 2 atom stereocenters. The highest BCUT2D eigenvalue weighted by Gasteiger charge is 2.27. The van der Waals surface area contributed by atoms with Gasteiger partial charge in [0.2, 0.25) is 0 Å². The van der Waals surface area contributed by atoms with Crippen LogP contribution in [0.2, 0.25) is 0 Å². The summed E-state index contributed by atoms with van der Waals surface area (Å²) in [5.74, 6) is 1.04. The zero-order chi connectivity index (χ0) is 10.1. The first kappa shape index (κ1) is 15.7. The van der Waals surface area contributed by atoms with E-state index in [1.54, 1.807) is 7.11 Å². The van der Waals surface area contributed by atoms with E-state index in [4.69, 9.17) is 4.74 Å². The summed E-state index contributed by atoms with van der Waals surface area (Å²) in [6, 6.07) is 0.326. The summed E-state index contributed by atoms with van der Waals surface area (Å²) in [5.41, 5.74) is 2.24. The minimum Gasteiger partial charge on any atom is -0.380 e. The summed E-state index contributed by atoms with van der Waals surface area (Å²) >= 11 is 0. The number of aromatic amines is 1. The molecule has 0 unspecified atom stereocenters. The number of aryl methyl sites for hydroxylation is 2. The third-order valence-corrected chi connectivity index (χ3v) is 2.90. The van der Waals surface area contributed by atoms with Gasteiger partial charge < -0.3 is 15.0 Å². The molecule has 0 saturated carbocycles. The summed E-state index contributed by atoms with van der Waals surface area (Å²) in [6.45, 7) is 4.99. The molecule has 1 aromatic rings. The molecule has 2 heterocycles. The third kappa shape index (κ3) is 3.10. The Bertz CT molecular complexity index is 310. The highest BCUT2D eigenvalue weighted by atomic mass is 35.5. The molecule has 0 radical (unpaired) electrons. The van der Waals surface area contributed by atoms with Gasteiger partial charge in [-0.15, -0.1) is 24.8 Å². The molecule has 0 aliphatic carbocycles. The number of ether oxygens (including phenoxy) is 1. The second-order valence-corrected chi connectivity index (χ2v) is 3.89. The van der Waals surface area contributed by atoms with E-state index in [9.17, 15) is 0 Å². The number of hydrogen-bond donors (Lipinski definition) is 2. The van der Waals surface area contributed by atoms with Crippen LogP contribution < -0.4 is 5.32 Å². The van der Waals surface area contributed by atoms with Crippen molar-refractivity contribution in [2.45, 2.75) is 32.4 Å². The fraction of sp³-hybridized carbons (Fsp3) is 0.700. The molecule has 1 aromatic heterocycles. The van der Waals surface area contributed by atoms with E-state index in [0.717, 1.165) is 30.2 Å². The van der Waals surface area contributed by atoms with Crippen molar-refractivity contribution in [3.63, 3.8) is 0 Å². The van der Waals surface area contributed by atoms with Crippen LogP contribution in [0, 0.1) is 13.8 Å². The molecule has 0 aromatic carbocycles. The quantitative estimate of drug-likeness (QED) is 0.861. The predicted molar refractivity (Wildman–Crippen MR) is 68.7 cm³/mol. The fourth-order valence-electron chi connectivity index (χ4n) is 1.83. The first-order chi connectivity index (χ1) is 6.70. The van der Waals surface area contributed by atoms with Crippen LogP contribution in [0.15, 0.2) is 0 Å². The van der Waals surface area contributed by atoms with Crippen LogP contribution in [0.4, 0.5) is 0 Å². The number of halogens is 2. The zero-order valence-electron chi connectivity index (χ0n) is 9.74. The van der Waals surface area contributed by atoms with Gasteiger partial charge >= 0.3 is 0 Å². The highest BCUT2D eigenvalue weighted by molar-refractivity contribution is 5.85. The summed E-state index contributed by atoms with van der Waals surface area (Å²) in [5, 5.41) is 3.40. The molecule has 1 saturated heterocycles. The Hall–Kier alpha value is -0.290. The van der Waals surface area contributed by atoms with E-state index in [1.807, 2.05) is 6.92 Å². The summed E-state index contributed by atoms with van der Waals surface area (Å²) in [7, 11) is 1.76. The van der Waals surface area contributed by atoms with Crippen molar-refractivity contribution in [1.82, 2.24) is 15.3 Å². The Balaban J connectivity index is 0.00000112. The molecule has 0 bridgehead atoms. The number of H-pyrrole nitrogens is 1. The lowest BCUT2D eigenvalue weighted by atomic mass is 10.2. The predicted octanol–water partition coefficient (Wildman–Crippen LogP) is 1.92. The molecule has 16 heavy (non-hydrogen) atoms. The van der Waals surface area contributed by atoms with Crippen LogP contribution in [0.1, 0.15) is 29.7 Å². The highest BCUT2D eigenvalue weighted by Crippen LogP contribution is 2.23. The van der Waals surface area contributed by atoms with Gasteiger partial charge in [-0.3, -0.25) is 0 Å². The van der Waals surface area contributed by atoms with Gasteiger partial charge in [-0.25, -0.2) is 4.98 Å². The average Bonchev–Trinajstić information content (AvgIpc) is 2.74. The summed E-state index contributed by atoms with van der Waals surface area (Å²) in [6.07, 6.45) is 1.33. The second kappa shape index (κ2) is 6.45. The molecule has 1 fully saturated rings. The lowest BCUT2D eigenvalue weighted by Crippen LogP contribution is -2.16. The molecule has 94 valence electrons. The van der Waals surface area contributed by atoms with Gasteiger partial charge in [0.25, 0.3) is 0 Å². The van der Waals surface area contributed by atoms with Crippen molar-refractivity contribution in [3.05, 3.63) is 17.2 Å². The first-order valence-electron chi connectivity index (χ1n) is 5.00. The standard InChI is InChI=1S/C10H17N3O.2ClH/c1-6-7(2)13-10(12-6)9-4-8(14-3)5-11-9;;/h8-9,11H,4-5H2,1-3H3,(H,12,13);2*1H/t8-,9+;;/m1../s1. The Morgan fingerprint density at radius 2 is 2.00 bits per heavy atom. The second-order valence-electron chi connectivity index (χ2n) is 3.89. The van der Waals surface area contributed by atoms with Crippen LogP contribution in [-0.2, 0) is 4.74 Å². The number of rotatable bonds is 2. The van der Waals surface area contributed by atoms with Crippen molar-refractivity contribution in [2.24, 2.45) is 0 Å². The smallest absolute Gasteiger partial charge is 0.123 e. The van der Waals surface area contributed by atoms with Crippen molar-refractivity contribution < 1.29 is 4.74 Å². The number of aromatic nitrogens is 2. The Morgan fingerprint density at radius 1 is 1.31 bits per heavy atom. The Labute approximate surface area is 108 Å². The molecule has 2 N–H and O–H groups in total. The SMILES string of the molecule is CO[C@H]1CN[C@H](c2nc(C)c(C)[nH]2)C1.Cl.Cl. The molecule has 1 aliphatic rings. The maximum atomic E-state index is 5.30. The van der Waals surface area contributed by atoms with E-state index in [0.29, 0.717) is 12.1 Å². The van der Waals surface area contributed by atoms with E-state index in [2.05, 4.69) is 22.2 Å². The minimum atomic E-state index is 0. The normalized spacial score (nSPS) is 23.7. The van der Waals surface area contributed by atoms with Gasteiger partial charge in [0.1, 0.15) is 5.82 Å². The lowest BCUT2D eigenvalue weighted by Gasteiger charge is -2.06. The molecular weight excluding hydrogens is 249 g/mol. The minimum absolute atomic E-state index is 0. The number of imidazole rings is 1. The third-order valence-electron chi connectivity index (χ3n) is 2.90. The van der Waals surface area contributed by atoms with Gasteiger partial charge in [-0.05, 0) is 20.3 Å². The number of nitrogens with one attached hydrogen (secondary N) is 2. The maximum absolute atomic E-state index is 5.30. The molecular formula is C10H19Cl2N3O. The van der Waals surface area contributed by atoms with E-state index in [-0.39, 0.29) is 24.8 Å². The van der Waals surface area contributed by atoms with Crippen molar-refractivity contribution >= 4 is 24.8 Å². The summed E-state index contributed by atoms with van der Waals surface area (Å²) in [4.78, 5) is 7.79. The lowest BCUT2D eigenvalue weighted by molar-refractivity contribution is 0.117. The zero-order valence-corrected chi connectivity index (χ0v) is 11.4. The van der Waals surface area contributed by atoms with Crippen LogP contribution in [0.25, 0.3) is 0 Å². The van der Waals surface area contributed by atoms with Gasteiger partial charge in [-0.1, -0.05) is 0 Å². The van der Waals surface area contributed by atoms with E-state index < -0.39 is 0 Å². The maximum Gasteiger partial charge on any atom is 0.123 e. The van der Waals surface area contributed by atoms with E-state index in [1.165, 1.54) is 0 Å². The van der Waals surface area contributed by atoms with Crippen molar-refractivity contribution in [3.8, 4) is 0 Å². The van der Waals surface area contributed by atoms with Crippen LogP contribution in [0.5, 0.6) is 0 Å². The molecule has 0 spiro atoms. The summed E-state index contributed by atoms with van der Waals surface area (Å²) < 4.78 is 5.30. The van der Waals surface area contributed by atoms with E-state index >= 15 is 0 Å². The van der Waals surface area contributed by atoms with Gasteiger partial charge in [0.05, 0.1) is 17.8 Å². The van der Waals surface area contributed by atoms with Crippen LogP contribution >= 0.6 is 24.8 Å². The number of methoxy groups -OCH3 is 1. The van der Waals surface area contributed by atoms with Gasteiger partial charge in [-0.2, -0.15) is 0 Å². The van der Waals surface area contributed by atoms with Crippen LogP contribution in [0.3, 0.4) is 0 Å². The molecule has 4 nitrogen and oxygen atoms in total. The van der Waals surface area contributed by atoms with Gasteiger partial charge in [0, 0.05) is 19.3 Å². The largest absolute Gasteiger partial charge is 0.380 e.